The van der Waals surface area contributed by atoms with E-state index < -0.39 is 11.6 Å². The van der Waals surface area contributed by atoms with Gasteiger partial charge in [0.15, 0.2) is 11.6 Å². The van der Waals surface area contributed by atoms with Gasteiger partial charge in [0.05, 0.1) is 11.8 Å². The highest BCUT2D eigenvalue weighted by atomic mass is 19.2. The molecule has 2 nitrogen and oxygen atoms in total. The van der Waals surface area contributed by atoms with Gasteiger partial charge in [0.2, 0.25) is 0 Å². The largest absolute Gasteiger partial charge is 0.393 e. The van der Waals surface area contributed by atoms with Crippen molar-refractivity contribution in [3.8, 4) is 22.4 Å². The number of halogens is 2. The van der Waals surface area contributed by atoms with E-state index in [9.17, 15) is 13.9 Å². The van der Waals surface area contributed by atoms with Crippen LogP contribution in [0.5, 0.6) is 0 Å². The molecule has 160 valence electrons. The highest BCUT2D eigenvalue weighted by molar-refractivity contribution is 5.68. The van der Waals surface area contributed by atoms with Crippen LogP contribution in [0.15, 0.2) is 73.5 Å². The zero-order chi connectivity index (χ0) is 22.2. The first kappa shape index (κ1) is 22.6. The molecular formula is C27H27F2NO. The molecule has 0 amide bonds. The topological polar surface area (TPSA) is 33.1 Å². The lowest BCUT2D eigenvalue weighted by molar-refractivity contribution is 0.182. The van der Waals surface area contributed by atoms with E-state index in [1.165, 1.54) is 0 Å². The average Bonchev–Trinajstić information content (AvgIpc) is 2.77. The summed E-state index contributed by atoms with van der Waals surface area (Å²) in [6, 6.07) is 14.7. The lowest BCUT2D eigenvalue weighted by Crippen LogP contribution is -1.97. The average molecular weight is 420 g/mol. The van der Waals surface area contributed by atoms with E-state index in [4.69, 9.17) is 0 Å². The van der Waals surface area contributed by atoms with Crippen LogP contribution < -0.4 is 0 Å². The van der Waals surface area contributed by atoms with E-state index in [0.717, 1.165) is 36.1 Å². The quantitative estimate of drug-likeness (QED) is 0.300. The molecule has 0 fully saturated rings. The molecule has 1 atom stereocenters. The standard InChI is InChI=1S/C27H27F2NO/c1-3-7-22-14-16-24(27(29)26(22)28)23-15-17-25(30-18-23)21-12-10-20(11-13-21)9-6-4-5-8-19(2)31/h3,6,9-19,31H,1,4-5,7-8H2,2H3. The third kappa shape index (κ3) is 5.96. The summed E-state index contributed by atoms with van der Waals surface area (Å²) in [5.41, 5.74) is 3.82. The van der Waals surface area contributed by atoms with Gasteiger partial charge in [-0.25, -0.2) is 8.78 Å². The third-order valence-corrected chi connectivity index (χ3v) is 5.11. The summed E-state index contributed by atoms with van der Waals surface area (Å²) in [7, 11) is 0. The number of aliphatic hydroxyl groups is 1. The molecular weight excluding hydrogens is 392 g/mol. The van der Waals surface area contributed by atoms with E-state index in [0.29, 0.717) is 5.56 Å². The molecule has 1 N–H and O–H groups in total. The molecule has 0 bridgehead atoms. The SMILES string of the molecule is C=CCc1ccc(-c2ccc(-c3ccc(C=CCCCC(C)O)cc3)nc2)c(F)c1F. The number of allylic oxidation sites excluding steroid dienone is 2. The number of aromatic nitrogens is 1. The Hall–Kier alpha value is -3.11. The van der Waals surface area contributed by atoms with Crippen molar-refractivity contribution in [3.05, 3.63) is 96.2 Å². The Morgan fingerprint density at radius 1 is 1.00 bits per heavy atom. The summed E-state index contributed by atoms with van der Waals surface area (Å²) < 4.78 is 28.7. The van der Waals surface area contributed by atoms with Crippen molar-refractivity contribution < 1.29 is 13.9 Å². The van der Waals surface area contributed by atoms with Crippen LogP contribution in [0.4, 0.5) is 8.78 Å². The van der Waals surface area contributed by atoms with Gasteiger partial charge in [-0.1, -0.05) is 60.7 Å². The van der Waals surface area contributed by atoms with Crippen molar-refractivity contribution in [2.45, 2.75) is 38.7 Å². The van der Waals surface area contributed by atoms with E-state index in [2.05, 4.69) is 23.7 Å². The summed E-state index contributed by atoms with van der Waals surface area (Å²) in [4.78, 5) is 4.44. The predicted molar refractivity (Wildman–Crippen MR) is 123 cm³/mol. The number of aliphatic hydroxyl groups excluding tert-OH is 1. The molecule has 0 saturated carbocycles. The van der Waals surface area contributed by atoms with Crippen molar-refractivity contribution in [1.82, 2.24) is 4.98 Å². The number of pyridine rings is 1. The highest BCUT2D eigenvalue weighted by Gasteiger charge is 2.14. The molecule has 0 spiro atoms. The van der Waals surface area contributed by atoms with Crippen LogP contribution in [0.1, 0.15) is 37.3 Å². The van der Waals surface area contributed by atoms with E-state index >= 15 is 0 Å². The normalized spacial score (nSPS) is 12.3. The van der Waals surface area contributed by atoms with Crippen LogP contribution in [0.3, 0.4) is 0 Å². The van der Waals surface area contributed by atoms with Gasteiger partial charge in [0.1, 0.15) is 0 Å². The summed E-state index contributed by atoms with van der Waals surface area (Å²) in [6.45, 7) is 5.37. The van der Waals surface area contributed by atoms with Crippen LogP contribution >= 0.6 is 0 Å². The second-order valence-corrected chi connectivity index (χ2v) is 7.63. The lowest BCUT2D eigenvalue weighted by Gasteiger charge is -2.08. The number of nitrogens with zero attached hydrogens (tertiary/aromatic N) is 1. The predicted octanol–water partition coefficient (Wildman–Crippen LogP) is 6.99. The van der Waals surface area contributed by atoms with Gasteiger partial charge in [-0.15, -0.1) is 6.58 Å². The first-order valence-electron chi connectivity index (χ1n) is 10.5. The Morgan fingerprint density at radius 2 is 1.74 bits per heavy atom. The Kier molecular flexibility index (Phi) is 7.85. The van der Waals surface area contributed by atoms with Gasteiger partial charge in [-0.05, 0) is 49.8 Å². The summed E-state index contributed by atoms with van der Waals surface area (Å²) in [5, 5.41) is 9.28. The minimum atomic E-state index is -0.863. The van der Waals surface area contributed by atoms with Gasteiger partial charge in [0.25, 0.3) is 0 Å². The summed E-state index contributed by atoms with van der Waals surface area (Å²) >= 11 is 0. The summed E-state index contributed by atoms with van der Waals surface area (Å²) in [5.74, 6) is -1.70. The Balaban J connectivity index is 1.70. The number of hydrogen-bond donors (Lipinski definition) is 1. The maximum Gasteiger partial charge on any atom is 0.166 e. The van der Waals surface area contributed by atoms with E-state index in [1.807, 2.05) is 30.3 Å². The smallest absolute Gasteiger partial charge is 0.166 e. The van der Waals surface area contributed by atoms with Crippen LogP contribution in [0, 0.1) is 11.6 Å². The fourth-order valence-corrected chi connectivity index (χ4v) is 3.37. The van der Waals surface area contributed by atoms with Gasteiger partial charge < -0.3 is 5.11 Å². The molecule has 3 aromatic rings. The van der Waals surface area contributed by atoms with Crippen LogP contribution in [-0.4, -0.2) is 16.2 Å². The Bertz CT molecular complexity index is 1040. The Morgan fingerprint density at radius 3 is 2.39 bits per heavy atom. The van der Waals surface area contributed by atoms with Crippen molar-refractivity contribution in [3.63, 3.8) is 0 Å². The summed E-state index contributed by atoms with van der Waals surface area (Å²) in [6.07, 6.45) is 10.0. The number of hydrogen-bond acceptors (Lipinski definition) is 2. The molecule has 0 aliphatic rings. The maximum atomic E-state index is 14.5. The molecule has 31 heavy (non-hydrogen) atoms. The van der Waals surface area contributed by atoms with Crippen LogP contribution in [-0.2, 0) is 6.42 Å². The molecule has 1 heterocycles. The van der Waals surface area contributed by atoms with Crippen LogP contribution in [0.2, 0.25) is 0 Å². The van der Waals surface area contributed by atoms with E-state index in [-0.39, 0.29) is 23.7 Å². The molecule has 0 saturated heterocycles. The fraction of sp³-hybridized carbons (Fsp3) is 0.222. The number of unbranched alkanes of at least 4 members (excludes halogenated alkanes) is 1. The molecule has 4 heteroatoms. The molecule has 0 aliphatic heterocycles. The zero-order valence-corrected chi connectivity index (χ0v) is 17.7. The minimum Gasteiger partial charge on any atom is -0.393 e. The molecule has 0 aliphatic carbocycles. The van der Waals surface area contributed by atoms with Gasteiger partial charge in [0, 0.05) is 22.9 Å². The second kappa shape index (κ2) is 10.8. The molecule has 1 unspecified atom stereocenters. The lowest BCUT2D eigenvalue weighted by atomic mass is 10.0. The fourth-order valence-electron chi connectivity index (χ4n) is 3.37. The molecule has 2 aromatic carbocycles. The first-order valence-corrected chi connectivity index (χ1v) is 10.5. The van der Waals surface area contributed by atoms with Crippen LogP contribution in [0.25, 0.3) is 28.5 Å². The minimum absolute atomic E-state index is 0.195. The van der Waals surface area contributed by atoms with Crippen molar-refractivity contribution >= 4 is 6.08 Å². The molecule has 3 rings (SSSR count). The molecule has 1 aromatic heterocycles. The maximum absolute atomic E-state index is 14.5. The van der Waals surface area contributed by atoms with Crippen molar-refractivity contribution in [1.29, 1.82) is 0 Å². The van der Waals surface area contributed by atoms with Crippen molar-refractivity contribution in [2.75, 3.05) is 0 Å². The van der Waals surface area contributed by atoms with E-state index in [1.54, 1.807) is 37.4 Å². The first-order chi connectivity index (χ1) is 15.0. The van der Waals surface area contributed by atoms with Crippen molar-refractivity contribution in [2.24, 2.45) is 0 Å². The zero-order valence-electron chi connectivity index (χ0n) is 17.7. The molecule has 0 radical (unpaired) electrons. The van der Waals surface area contributed by atoms with Gasteiger partial charge in [-0.3, -0.25) is 4.98 Å². The third-order valence-electron chi connectivity index (χ3n) is 5.11. The highest BCUT2D eigenvalue weighted by Crippen LogP contribution is 2.28. The Labute approximate surface area is 182 Å². The number of benzene rings is 2. The second-order valence-electron chi connectivity index (χ2n) is 7.63. The number of rotatable bonds is 9. The van der Waals surface area contributed by atoms with Gasteiger partial charge >= 0.3 is 0 Å². The monoisotopic (exact) mass is 419 g/mol. The van der Waals surface area contributed by atoms with Gasteiger partial charge in [-0.2, -0.15) is 0 Å².